The average molecular weight is 400 g/mol. The van der Waals surface area contributed by atoms with Gasteiger partial charge >= 0.3 is 12.0 Å². The Morgan fingerprint density at radius 1 is 1.15 bits per heavy atom. The summed E-state index contributed by atoms with van der Waals surface area (Å²) in [5.74, 6) is -1.64. The molecule has 8 nitrogen and oxygen atoms in total. The highest BCUT2D eigenvalue weighted by Crippen LogP contribution is 2.22. The van der Waals surface area contributed by atoms with Crippen LogP contribution in [0.2, 0.25) is 5.02 Å². The molecule has 0 heterocycles. The van der Waals surface area contributed by atoms with Crippen molar-refractivity contribution in [1.29, 1.82) is 0 Å². The number of ether oxygens (including phenoxy) is 1. The van der Waals surface area contributed by atoms with Gasteiger partial charge in [0.1, 0.15) is 0 Å². The number of nitrogens with one attached hydrogen (secondary N) is 3. The van der Waals surface area contributed by atoms with E-state index in [1.165, 1.54) is 19.2 Å². The lowest BCUT2D eigenvalue weighted by Gasteiger charge is -2.28. The van der Waals surface area contributed by atoms with Crippen molar-refractivity contribution in [2.75, 3.05) is 19.0 Å². The van der Waals surface area contributed by atoms with Crippen LogP contribution in [-0.2, 0) is 9.53 Å². The predicted octanol–water partition coefficient (Wildman–Crippen LogP) is 2.87. The maximum atomic E-state index is 12.6. The Morgan fingerprint density at radius 3 is 2.30 bits per heavy atom. The molecule has 3 amide bonds. The number of carbonyl (C=O) groups is 3. The molecule has 0 fully saturated rings. The first-order valence-electron chi connectivity index (χ1n) is 8.27. The van der Waals surface area contributed by atoms with Crippen LogP contribution in [0.15, 0.2) is 18.2 Å². The van der Waals surface area contributed by atoms with Crippen LogP contribution in [0.1, 0.15) is 44.5 Å². The smallest absolute Gasteiger partial charge is 0.319 e. The van der Waals surface area contributed by atoms with Crippen molar-refractivity contribution >= 4 is 35.2 Å². The van der Waals surface area contributed by atoms with Crippen LogP contribution in [0.4, 0.5) is 10.5 Å². The van der Waals surface area contributed by atoms with E-state index in [1.807, 2.05) is 20.8 Å². The molecule has 0 saturated heterocycles. The zero-order valence-electron chi connectivity index (χ0n) is 16.1. The molecule has 0 aromatic heterocycles. The van der Waals surface area contributed by atoms with Gasteiger partial charge in [-0.15, -0.1) is 0 Å². The third-order valence-electron chi connectivity index (χ3n) is 3.38. The van der Waals surface area contributed by atoms with E-state index in [-0.39, 0.29) is 23.6 Å². The standard InChI is InChI=1S/C18H26ClN3O5/c1-17(2,3)22-16(26)20-11-6-7-13(19)12(8-11)15(25)21-18(4,10-27-5)9-14(23)24/h6-8H,9-10H2,1-5H3,(H,21,25)(H,23,24)(H2,20,22,26). The lowest BCUT2D eigenvalue weighted by Crippen LogP contribution is -2.50. The molecule has 27 heavy (non-hydrogen) atoms. The van der Waals surface area contributed by atoms with Gasteiger partial charge in [-0.1, -0.05) is 11.6 Å². The second-order valence-electron chi connectivity index (χ2n) is 7.54. The van der Waals surface area contributed by atoms with Crippen molar-refractivity contribution in [2.24, 2.45) is 0 Å². The monoisotopic (exact) mass is 399 g/mol. The molecule has 1 unspecified atom stereocenters. The maximum absolute atomic E-state index is 12.6. The third kappa shape index (κ3) is 7.84. The van der Waals surface area contributed by atoms with Gasteiger partial charge < -0.3 is 25.8 Å². The van der Waals surface area contributed by atoms with Gasteiger partial charge in [0.25, 0.3) is 5.91 Å². The zero-order chi connectivity index (χ0) is 20.8. The minimum Gasteiger partial charge on any atom is -0.481 e. The molecule has 1 aromatic carbocycles. The van der Waals surface area contributed by atoms with Crippen LogP contribution in [0.3, 0.4) is 0 Å². The highest BCUT2D eigenvalue weighted by molar-refractivity contribution is 6.34. The fourth-order valence-electron chi connectivity index (χ4n) is 2.41. The molecule has 4 N–H and O–H groups in total. The summed E-state index contributed by atoms with van der Waals surface area (Å²) in [5.41, 5.74) is -1.06. The van der Waals surface area contributed by atoms with Crippen molar-refractivity contribution in [3.63, 3.8) is 0 Å². The van der Waals surface area contributed by atoms with E-state index in [0.717, 1.165) is 0 Å². The normalized spacial score (nSPS) is 13.4. The van der Waals surface area contributed by atoms with Crippen LogP contribution in [0, 0.1) is 0 Å². The summed E-state index contributed by atoms with van der Waals surface area (Å²) in [6.07, 6.45) is -0.323. The lowest BCUT2D eigenvalue weighted by molar-refractivity contribution is -0.139. The molecule has 0 aliphatic rings. The topological polar surface area (TPSA) is 117 Å². The molecule has 1 rings (SSSR count). The Hall–Kier alpha value is -2.32. The Bertz CT molecular complexity index is 717. The lowest BCUT2D eigenvalue weighted by atomic mass is 9.98. The number of methoxy groups -OCH3 is 1. The molecule has 0 saturated carbocycles. The molecule has 1 aromatic rings. The number of urea groups is 1. The average Bonchev–Trinajstić information content (AvgIpc) is 2.46. The first-order valence-corrected chi connectivity index (χ1v) is 8.65. The number of hydrogen-bond donors (Lipinski definition) is 4. The van der Waals surface area contributed by atoms with Gasteiger partial charge in [-0.25, -0.2) is 4.79 Å². The zero-order valence-corrected chi connectivity index (χ0v) is 16.9. The van der Waals surface area contributed by atoms with E-state index >= 15 is 0 Å². The summed E-state index contributed by atoms with van der Waals surface area (Å²) in [4.78, 5) is 35.7. The van der Waals surface area contributed by atoms with Gasteiger partial charge in [0.15, 0.2) is 0 Å². The second-order valence-corrected chi connectivity index (χ2v) is 7.95. The predicted molar refractivity (Wildman–Crippen MR) is 103 cm³/mol. The molecule has 9 heteroatoms. The molecule has 1 atom stereocenters. The molecule has 0 radical (unpaired) electrons. The summed E-state index contributed by atoms with van der Waals surface area (Å²) in [7, 11) is 1.41. The number of aliphatic carboxylic acids is 1. The molecular formula is C18H26ClN3O5. The molecular weight excluding hydrogens is 374 g/mol. The summed E-state index contributed by atoms with van der Waals surface area (Å²) >= 11 is 6.11. The van der Waals surface area contributed by atoms with Gasteiger partial charge in [-0.3, -0.25) is 9.59 Å². The third-order valence-corrected chi connectivity index (χ3v) is 3.71. The number of halogens is 1. The van der Waals surface area contributed by atoms with Crippen LogP contribution in [0.25, 0.3) is 0 Å². The number of benzene rings is 1. The maximum Gasteiger partial charge on any atom is 0.319 e. The van der Waals surface area contributed by atoms with Gasteiger partial charge in [0.05, 0.1) is 29.2 Å². The number of hydrogen-bond acceptors (Lipinski definition) is 4. The van der Waals surface area contributed by atoms with Crippen molar-refractivity contribution in [3.8, 4) is 0 Å². The first-order chi connectivity index (χ1) is 12.3. The number of carboxylic acid groups (broad SMARTS) is 1. The Balaban J connectivity index is 2.99. The summed E-state index contributed by atoms with van der Waals surface area (Å²) < 4.78 is 5.02. The summed E-state index contributed by atoms with van der Waals surface area (Å²) in [5, 5.41) is 17.3. The minimum absolute atomic E-state index is 0.00852. The van der Waals surface area contributed by atoms with Gasteiger partial charge in [-0.05, 0) is 45.9 Å². The second kappa shape index (κ2) is 9.05. The fraction of sp³-hybridized carbons (Fsp3) is 0.500. The number of carbonyl (C=O) groups excluding carboxylic acids is 2. The highest BCUT2D eigenvalue weighted by atomic mass is 35.5. The van der Waals surface area contributed by atoms with Crippen LogP contribution in [0.5, 0.6) is 0 Å². The number of amides is 3. The van der Waals surface area contributed by atoms with E-state index in [4.69, 9.17) is 21.4 Å². The van der Waals surface area contributed by atoms with E-state index < -0.39 is 29.0 Å². The molecule has 0 bridgehead atoms. The molecule has 0 aliphatic carbocycles. The summed E-state index contributed by atoms with van der Waals surface area (Å²) in [6, 6.07) is 4.04. The number of anilines is 1. The van der Waals surface area contributed by atoms with E-state index in [9.17, 15) is 14.4 Å². The van der Waals surface area contributed by atoms with Gasteiger partial charge in [-0.2, -0.15) is 0 Å². The molecule has 0 aliphatic heterocycles. The van der Waals surface area contributed by atoms with E-state index in [2.05, 4.69) is 16.0 Å². The molecule has 150 valence electrons. The van der Waals surface area contributed by atoms with Crippen LogP contribution < -0.4 is 16.0 Å². The Morgan fingerprint density at radius 2 is 1.78 bits per heavy atom. The minimum atomic E-state index is -1.12. The van der Waals surface area contributed by atoms with Crippen molar-refractivity contribution in [2.45, 2.75) is 45.2 Å². The SMILES string of the molecule is COCC(C)(CC(=O)O)NC(=O)c1cc(NC(=O)NC(C)(C)C)ccc1Cl. The Labute approximate surface area is 163 Å². The highest BCUT2D eigenvalue weighted by Gasteiger charge is 2.30. The van der Waals surface area contributed by atoms with Gasteiger partial charge in [0.2, 0.25) is 0 Å². The summed E-state index contributed by atoms with van der Waals surface area (Å²) in [6.45, 7) is 7.09. The molecule has 0 spiro atoms. The quantitative estimate of drug-likeness (QED) is 0.562. The van der Waals surface area contributed by atoms with Crippen molar-refractivity contribution in [3.05, 3.63) is 28.8 Å². The van der Waals surface area contributed by atoms with Crippen LogP contribution in [-0.4, -0.2) is 47.8 Å². The van der Waals surface area contributed by atoms with E-state index in [0.29, 0.717) is 5.69 Å². The van der Waals surface area contributed by atoms with Crippen molar-refractivity contribution in [1.82, 2.24) is 10.6 Å². The fourth-order valence-corrected chi connectivity index (χ4v) is 2.61. The van der Waals surface area contributed by atoms with Crippen molar-refractivity contribution < 1.29 is 24.2 Å². The first kappa shape index (κ1) is 22.7. The number of carboxylic acids is 1. The van der Waals surface area contributed by atoms with Gasteiger partial charge in [0, 0.05) is 18.3 Å². The van der Waals surface area contributed by atoms with Crippen LogP contribution >= 0.6 is 11.6 Å². The largest absolute Gasteiger partial charge is 0.481 e. The van der Waals surface area contributed by atoms with E-state index in [1.54, 1.807) is 13.0 Å². The Kier molecular flexibility index (Phi) is 7.62. The number of rotatable bonds is 7.